The van der Waals surface area contributed by atoms with Crippen molar-refractivity contribution in [2.75, 3.05) is 16.8 Å². The monoisotopic (exact) mass is 388 g/mol. The number of rotatable bonds is 4. The summed E-state index contributed by atoms with van der Waals surface area (Å²) in [5.74, 6) is -1.09. The fraction of sp³-hybridized carbons (Fsp3) is 0.333. The number of nitrogens with zero attached hydrogens (tertiary/aromatic N) is 1. The van der Waals surface area contributed by atoms with E-state index in [0.717, 1.165) is 16.8 Å². The molecule has 1 heterocycles. The third kappa shape index (κ3) is 3.98. The number of carbonyl (C=O) groups is 2. The molecule has 0 spiro atoms. The molecule has 1 saturated heterocycles. The standard InChI is InChI=1S/C21H22ClFN2O2/c1-12(2)16-6-4-5-13(3)20(16)25-11-14(9-19(25)26)21(27)24-15-7-8-18(23)17(22)10-15/h4-8,10,12,14H,9,11H2,1-3H3,(H,24,27). The molecule has 6 heteroatoms. The Labute approximate surface area is 163 Å². The first kappa shape index (κ1) is 19.4. The van der Waals surface area contributed by atoms with Crippen molar-refractivity contribution in [2.45, 2.75) is 33.1 Å². The van der Waals surface area contributed by atoms with Crippen LogP contribution >= 0.6 is 11.6 Å². The number of amides is 2. The number of benzene rings is 2. The van der Waals surface area contributed by atoms with E-state index in [2.05, 4.69) is 19.2 Å². The molecule has 1 N–H and O–H groups in total. The zero-order valence-electron chi connectivity index (χ0n) is 15.6. The van der Waals surface area contributed by atoms with Crippen LogP contribution in [0.3, 0.4) is 0 Å². The Morgan fingerprint density at radius 3 is 2.70 bits per heavy atom. The molecule has 0 saturated carbocycles. The molecule has 1 aliphatic heterocycles. The SMILES string of the molecule is Cc1cccc(C(C)C)c1N1CC(C(=O)Nc2ccc(F)c(Cl)c2)CC1=O. The lowest BCUT2D eigenvalue weighted by Gasteiger charge is -2.24. The topological polar surface area (TPSA) is 49.4 Å². The number of anilines is 2. The lowest BCUT2D eigenvalue weighted by atomic mass is 9.97. The highest BCUT2D eigenvalue weighted by molar-refractivity contribution is 6.31. The van der Waals surface area contributed by atoms with Crippen molar-refractivity contribution in [3.63, 3.8) is 0 Å². The van der Waals surface area contributed by atoms with Crippen molar-refractivity contribution in [1.29, 1.82) is 0 Å². The van der Waals surface area contributed by atoms with Crippen molar-refractivity contribution in [3.05, 3.63) is 58.4 Å². The van der Waals surface area contributed by atoms with Crippen LogP contribution in [0.5, 0.6) is 0 Å². The fourth-order valence-corrected chi connectivity index (χ4v) is 3.61. The highest BCUT2D eigenvalue weighted by Gasteiger charge is 2.36. The minimum absolute atomic E-state index is 0.0570. The molecule has 1 unspecified atom stereocenters. The van der Waals surface area contributed by atoms with Gasteiger partial charge in [0.15, 0.2) is 0 Å². The third-order valence-corrected chi connectivity index (χ3v) is 5.13. The molecule has 1 fully saturated rings. The van der Waals surface area contributed by atoms with Gasteiger partial charge in [-0.2, -0.15) is 0 Å². The second kappa shape index (κ2) is 7.69. The van der Waals surface area contributed by atoms with Crippen LogP contribution in [-0.2, 0) is 9.59 Å². The molecule has 0 radical (unpaired) electrons. The highest BCUT2D eigenvalue weighted by atomic mass is 35.5. The second-order valence-corrected chi connectivity index (χ2v) is 7.60. The summed E-state index contributed by atoms with van der Waals surface area (Å²) in [4.78, 5) is 27.0. The average Bonchev–Trinajstić information content (AvgIpc) is 2.99. The first-order chi connectivity index (χ1) is 12.8. The highest BCUT2D eigenvalue weighted by Crippen LogP contribution is 2.35. The Kier molecular flexibility index (Phi) is 5.51. The molecular formula is C21H22ClFN2O2. The van der Waals surface area contributed by atoms with E-state index in [0.29, 0.717) is 12.2 Å². The quantitative estimate of drug-likeness (QED) is 0.809. The van der Waals surface area contributed by atoms with E-state index in [9.17, 15) is 14.0 Å². The molecular weight excluding hydrogens is 367 g/mol. The van der Waals surface area contributed by atoms with E-state index < -0.39 is 11.7 Å². The molecule has 3 rings (SSSR count). The third-order valence-electron chi connectivity index (χ3n) is 4.84. The Morgan fingerprint density at radius 2 is 2.04 bits per heavy atom. The molecule has 2 aromatic carbocycles. The normalized spacial score (nSPS) is 16.9. The van der Waals surface area contributed by atoms with Gasteiger partial charge in [-0.15, -0.1) is 0 Å². The summed E-state index contributed by atoms with van der Waals surface area (Å²) in [6, 6.07) is 9.99. The predicted molar refractivity (Wildman–Crippen MR) is 106 cm³/mol. The fourth-order valence-electron chi connectivity index (χ4n) is 3.43. The summed E-state index contributed by atoms with van der Waals surface area (Å²) < 4.78 is 13.3. The maximum Gasteiger partial charge on any atom is 0.229 e. The first-order valence-electron chi connectivity index (χ1n) is 8.93. The molecule has 2 aromatic rings. The van der Waals surface area contributed by atoms with Crippen molar-refractivity contribution < 1.29 is 14.0 Å². The molecule has 27 heavy (non-hydrogen) atoms. The summed E-state index contributed by atoms with van der Waals surface area (Å²) in [6.07, 6.45) is 0.145. The zero-order valence-corrected chi connectivity index (χ0v) is 16.3. The number of hydrogen-bond donors (Lipinski definition) is 1. The van der Waals surface area contributed by atoms with E-state index in [1.165, 1.54) is 18.2 Å². The van der Waals surface area contributed by atoms with Crippen LogP contribution in [0, 0.1) is 18.7 Å². The van der Waals surface area contributed by atoms with E-state index in [-0.39, 0.29) is 29.2 Å². The Morgan fingerprint density at radius 1 is 1.30 bits per heavy atom. The molecule has 0 aromatic heterocycles. The van der Waals surface area contributed by atoms with Crippen LogP contribution in [-0.4, -0.2) is 18.4 Å². The summed E-state index contributed by atoms with van der Waals surface area (Å²) in [7, 11) is 0. The smallest absolute Gasteiger partial charge is 0.229 e. The average molecular weight is 389 g/mol. The maximum atomic E-state index is 13.3. The van der Waals surface area contributed by atoms with Crippen molar-refractivity contribution in [1.82, 2.24) is 0 Å². The number of para-hydroxylation sites is 1. The van der Waals surface area contributed by atoms with Gasteiger partial charge >= 0.3 is 0 Å². The minimum Gasteiger partial charge on any atom is -0.326 e. The Hall–Kier alpha value is -2.40. The number of halogens is 2. The first-order valence-corrected chi connectivity index (χ1v) is 9.31. The molecule has 1 aliphatic rings. The molecule has 2 amide bonds. The van der Waals surface area contributed by atoms with E-state index in [4.69, 9.17) is 11.6 Å². The van der Waals surface area contributed by atoms with Gasteiger partial charge in [0, 0.05) is 24.3 Å². The maximum absolute atomic E-state index is 13.3. The molecule has 0 bridgehead atoms. The van der Waals surface area contributed by atoms with Crippen molar-refractivity contribution in [2.24, 2.45) is 5.92 Å². The number of hydrogen-bond acceptors (Lipinski definition) is 2. The molecule has 1 atom stereocenters. The van der Waals surface area contributed by atoms with E-state index >= 15 is 0 Å². The van der Waals surface area contributed by atoms with Gasteiger partial charge in [-0.1, -0.05) is 43.6 Å². The van der Waals surface area contributed by atoms with Crippen LogP contribution in [0.15, 0.2) is 36.4 Å². The van der Waals surface area contributed by atoms with Crippen LogP contribution in [0.2, 0.25) is 5.02 Å². The zero-order chi connectivity index (χ0) is 19.7. The van der Waals surface area contributed by atoms with Crippen molar-refractivity contribution in [3.8, 4) is 0 Å². The van der Waals surface area contributed by atoms with Crippen LogP contribution in [0.4, 0.5) is 15.8 Å². The van der Waals surface area contributed by atoms with Gasteiger partial charge in [-0.05, 0) is 42.2 Å². The number of carbonyl (C=O) groups excluding carboxylic acids is 2. The summed E-state index contributed by atoms with van der Waals surface area (Å²) >= 11 is 5.76. The summed E-state index contributed by atoms with van der Waals surface area (Å²) in [5.41, 5.74) is 3.42. The Bertz CT molecular complexity index is 898. The summed E-state index contributed by atoms with van der Waals surface area (Å²) in [6.45, 7) is 6.47. The molecule has 142 valence electrons. The van der Waals surface area contributed by atoms with Crippen LogP contribution < -0.4 is 10.2 Å². The lowest BCUT2D eigenvalue weighted by molar-refractivity contribution is -0.122. The van der Waals surface area contributed by atoms with Gasteiger partial charge in [0.2, 0.25) is 11.8 Å². The Balaban J connectivity index is 1.79. The second-order valence-electron chi connectivity index (χ2n) is 7.19. The van der Waals surface area contributed by atoms with Crippen LogP contribution in [0.25, 0.3) is 0 Å². The van der Waals surface area contributed by atoms with Gasteiger partial charge in [0.1, 0.15) is 5.82 Å². The van der Waals surface area contributed by atoms with Gasteiger partial charge in [-0.3, -0.25) is 9.59 Å². The molecule has 0 aliphatic carbocycles. The minimum atomic E-state index is -0.544. The summed E-state index contributed by atoms with van der Waals surface area (Å²) in [5, 5.41) is 2.67. The van der Waals surface area contributed by atoms with E-state index in [1.54, 1.807) is 4.90 Å². The van der Waals surface area contributed by atoms with Crippen molar-refractivity contribution >= 4 is 34.8 Å². The predicted octanol–water partition coefficient (Wildman–Crippen LogP) is 4.90. The van der Waals surface area contributed by atoms with E-state index in [1.807, 2.05) is 25.1 Å². The lowest BCUT2D eigenvalue weighted by Crippen LogP contribution is -2.29. The number of nitrogens with one attached hydrogen (secondary N) is 1. The van der Waals surface area contributed by atoms with Gasteiger partial charge in [0.05, 0.1) is 10.9 Å². The van der Waals surface area contributed by atoms with Crippen LogP contribution in [0.1, 0.15) is 37.3 Å². The van der Waals surface area contributed by atoms with Gasteiger partial charge in [-0.25, -0.2) is 4.39 Å². The number of aryl methyl sites for hydroxylation is 1. The van der Waals surface area contributed by atoms with Gasteiger partial charge < -0.3 is 10.2 Å². The largest absolute Gasteiger partial charge is 0.326 e. The molecule has 4 nitrogen and oxygen atoms in total. The van der Waals surface area contributed by atoms with Gasteiger partial charge in [0.25, 0.3) is 0 Å².